The van der Waals surface area contributed by atoms with Gasteiger partial charge in [0.15, 0.2) is 5.69 Å². The van der Waals surface area contributed by atoms with Crippen molar-refractivity contribution in [2.45, 2.75) is 0 Å². The molecule has 0 unspecified atom stereocenters. The highest BCUT2D eigenvalue weighted by atomic mass is 35.5. The third kappa shape index (κ3) is 4.54. The summed E-state index contributed by atoms with van der Waals surface area (Å²) in [5, 5.41) is 22.3. The molecule has 11 rings (SSSR count). The lowest BCUT2D eigenvalue weighted by Gasteiger charge is -2.22. The van der Waals surface area contributed by atoms with Gasteiger partial charge in [-0.25, -0.2) is 4.85 Å². The minimum absolute atomic E-state index is 0.579. The van der Waals surface area contributed by atoms with Crippen LogP contribution in [-0.4, -0.2) is 0 Å². The summed E-state index contributed by atoms with van der Waals surface area (Å²) in [6.07, 6.45) is 0. The number of fused-ring (bicyclic) bond motifs is 9. The molecule has 3 heteroatoms. The van der Waals surface area contributed by atoms with Gasteiger partial charge >= 0.3 is 0 Å². The molecule has 252 valence electrons. The van der Waals surface area contributed by atoms with E-state index in [0.29, 0.717) is 16.3 Å². The average Bonchev–Trinajstić information content (AvgIpc) is 3.56. The number of nitriles is 1. The summed E-state index contributed by atoms with van der Waals surface area (Å²) in [5.41, 5.74) is 11.8. The lowest BCUT2D eigenvalue weighted by atomic mass is 9.81. The number of benzene rings is 10. The van der Waals surface area contributed by atoms with E-state index in [1.165, 1.54) is 32.3 Å². The van der Waals surface area contributed by atoms with Gasteiger partial charge in [0, 0.05) is 10.6 Å². The van der Waals surface area contributed by atoms with E-state index in [-0.39, 0.29) is 0 Å². The normalized spacial score (nSPS) is 11.7. The molecule has 0 saturated carbocycles. The van der Waals surface area contributed by atoms with Crippen molar-refractivity contribution in [3.05, 3.63) is 186 Å². The molecule has 0 N–H and O–H groups in total. The van der Waals surface area contributed by atoms with Gasteiger partial charge in [-0.2, -0.15) is 5.26 Å². The van der Waals surface area contributed by atoms with Crippen LogP contribution in [-0.2, 0) is 0 Å². The Morgan fingerprint density at radius 2 is 1.02 bits per heavy atom. The van der Waals surface area contributed by atoms with Crippen LogP contribution in [0.5, 0.6) is 0 Å². The Labute approximate surface area is 322 Å². The topological polar surface area (TPSA) is 28.1 Å². The number of hydrogen-bond acceptors (Lipinski definition) is 1. The van der Waals surface area contributed by atoms with E-state index in [4.69, 9.17) is 18.2 Å². The summed E-state index contributed by atoms with van der Waals surface area (Å²) < 4.78 is 0. The highest BCUT2D eigenvalue weighted by Crippen LogP contribution is 2.59. The third-order valence-corrected chi connectivity index (χ3v) is 11.7. The molecule has 0 saturated heterocycles. The van der Waals surface area contributed by atoms with Gasteiger partial charge in [0.25, 0.3) is 0 Å². The Bertz CT molecular complexity index is 3420. The molecule has 0 heterocycles. The monoisotopic (exact) mass is 714 g/mol. The fourth-order valence-corrected chi connectivity index (χ4v) is 9.44. The third-order valence-electron chi connectivity index (χ3n) is 11.4. The first kappa shape index (κ1) is 31.3. The van der Waals surface area contributed by atoms with Gasteiger partial charge in [-0.15, -0.1) is 0 Å². The lowest BCUT2D eigenvalue weighted by Crippen LogP contribution is -1.95. The van der Waals surface area contributed by atoms with Crippen molar-refractivity contribution >= 4 is 71.2 Å². The lowest BCUT2D eigenvalue weighted by molar-refractivity contribution is 1.48. The Morgan fingerprint density at radius 3 is 1.76 bits per heavy atom. The van der Waals surface area contributed by atoms with Gasteiger partial charge < -0.3 is 0 Å². The van der Waals surface area contributed by atoms with Gasteiger partial charge in [0.05, 0.1) is 18.2 Å². The van der Waals surface area contributed by atoms with E-state index >= 15 is 0 Å². The largest absolute Gasteiger partial charge is 0.238 e. The quantitative estimate of drug-likeness (QED) is 0.132. The number of rotatable bonds is 3. The molecule has 0 bridgehead atoms. The molecule has 0 fully saturated rings. The fourth-order valence-electron chi connectivity index (χ4n) is 9.17. The summed E-state index contributed by atoms with van der Waals surface area (Å²) in [6, 6.07) is 59.6. The second kappa shape index (κ2) is 11.9. The van der Waals surface area contributed by atoms with Crippen molar-refractivity contribution in [2.24, 2.45) is 0 Å². The molecule has 0 radical (unpaired) electrons. The van der Waals surface area contributed by atoms with Gasteiger partial charge in [-0.1, -0.05) is 133 Å². The maximum Gasteiger partial charge on any atom is 0.187 e. The average molecular weight is 715 g/mol. The molecule has 0 aliphatic heterocycles. The molecular weight excluding hydrogens is 688 g/mol. The van der Waals surface area contributed by atoms with E-state index in [2.05, 4.69) is 138 Å². The van der Waals surface area contributed by atoms with Crippen LogP contribution in [0.15, 0.2) is 164 Å². The van der Waals surface area contributed by atoms with Gasteiger partial charge in [0.1, 0.15) is 0 Å². The predicted octanol–water partition coefficient (Wildman–Crippen LogP) is 15.2. The first-order valence-electron chi connectivity index (χ1n) is 18.3. The maximum atomic E-state index is 10.2. The smallest absolute Gasteiger partial charge is 0.187 e. The van der Waals surface area contributed by atoms with Gasteiger partial charge in [-0.05, 0) is 146 Å². The summed E-state index contributed by atoms with van der Waals surface area (Å²) in [5.74, 6) is 0. The van der Waals surface area contributed by atoms with Crippen molar-refractivity contribution in [3.8, 4) is 61.7 Å². The van der Waals surface area contributed by atoms with Crippen LogP contribution in [0.2, 0.25) is 5.02 Å². The van der Waals surface area contributed by atoms with Crippen molar-refractivity contribution in [2.75, 3.05) is 0 Å². The number of hydrogen-bond donors (Lipinski definition) is 0. The number of halogens is 1. The van der Waals surface area contributed by atoms with Crippen LogP contribution in [0.25, 0.3) is 114 Å². The summed E-state index contributed by atoms with van der Waals surface area (Å²) >= 11 is 7.55. The minimum Gasteiger partial charge on any atom is -0.238 e. The zero-order valence-corrected chi connectivity index (χ0v) is 30.1. The Kier molecular flexibility index (Phi) is 6.77. The molecule has 1 aliphatic carbocycles. The van der Waals surface area contributed by atoms with E-state index in [9.17, 15) is 5.26 Å². The minimum atomic E-state index is 0.579. The zero-order chi connectivity index (χ0) is 36.8. The molecular formula is C52H27ClN2. The Morgan fingerprint density at radius 1 is 0.436 bits per heavy atom. The first-order valence-corrected chi connectivity index (χ1v) is 18.7. The van der Waals surface area contributed by atoms with Gasteiger partial charge in [-0.3, -0.25) is 0 Å². The SMILES string of the molecule is [C-]#[N+]c1cccc(-c2c3c(c(-c4cccc(C#N)c4)c4cc(-c5cc6ccccc6c6ccccc56)c(Cl)cc24)-c2cc4ccccc4c4cccc-3c24)c1. The van der Waals surface area contributed by atoms with Gasteiger partial charge in [0.2, 0.25) is 0 Å². The molecule has 10 aromatic rings. The van der Waals surface area contributed by atoms with Crippen molar-refractivity contribution in [1.82, 2.24) is 0 Å². The highest BCUT2D eigenvalue weighted by Gasteiger charge is 2.32. The van der Waals surface area contributed by atoms with E-state index in [1.54, 1.807) is 0 Å². The molecule has 0 aromatic heterocycles. The molecule has 2 nitrogen and oxygen atoms in total. The van der Waals surface area contributed by atoms with E-state index in [0.717, 1.165) is 77.2 Å². The van der Waals surface area contributed by atoms with Crippen LogP contribution in [0.1, 0.15) is 5.56 Å². The van der Waals surface area contributed by atoms with Crippen LogP contribution in [0, 0.1) is 17.9 Å². The van der Waals surface area contributed by atoms with Crippen molar-refractivity contribution < 1.29 is 0 Å². The fraction of sp³-hybridized carbons (Fsp3) is 0. The molecule has 0 spiro atoms. The van der Waals surface area contributed by atoms with Crippen LogP contribution in [0.3, 0.4) is 0 Å². The second-order valence-corrected chi connectivity index (χ2v) is 14.7. The molecule has 0 atom stereocenters. The molecule has 55 heavy (non-hydrogen) atoms. The van der Waals surface area contributed by atoms with Crippen molar-refractivity contribution in [1.29, 1.82) is 5.26 Å². The standard InChI is InChI=1S/C52H27ClN2/c1-55-35-16-9-15-34(24-35)49-45-28-47(53)43(42-25-31-12-2-4-17-36(31)38-19-6-7-20-39(38)42)27-44(45)48(33-14-8-11-30(23-33)29-54)52-46-26-32-13-3-5-18-37(32)40-21-10-22-41(50(40)46)51(49)52/h2-28H. The van der Waals surface area contributed by atoms with E-state index in [1.807, 2.05) is 36.4 Å². The predicted molar refractivity (Wildman–Crippen MR) is 231 cm³/mol. The molecule has 1 aliphatic rings. The van der Waals surface area contributed by atoms with Crippen molar-refractivity contribution in [3.63, 3.8) is 0 Å². The highest BCUT2D eigenvalue weighted by molar-refractivity contribution is 6.37. The van der Waals surface area contributed by atoms with Crippen LogP contribution < -0.4 is 0 Å². The summed E-state index contributed by atoms with van der Waals surface area (Å²) in [4.78, 5) is 3.85. The van der Waals surface area contributed by atoms with Crippen LogP contribution >= 0.6 is 11.6 Å². The molecule has 0 amide bonds. The Balaban J connectivity index is 1.37. The summed E-state index contributed by atoms with van der Waals surface area (Å²) in [7, 11) is 0. The zero-order valence-electron chi connectivity index (χ0n) is 29.4. The number of nitrogens with zero attached hydrogens (tertiary/aromatic N) is 2. The van der Waals surface area contributed by atoms with E-state index < -0.39 is 0 Å². The second-order valence-electron chi connectivity index (χ2n) is 14.3. The molecule has 10 aromatic carbocycles. The summed E-state index contributed by atoms with van der Waals surface area (Å²) in [6.45, 7) is 7.94. The Hall–Kier alpha value is -7.23. The maximum absolute atomic E-state index is 10.2. The van der Waals surface area contributed by atoms with Crippen LogP contribution in [0.4, 0.5) is 5.69 Å². The first-order chi connectivity index (χ1) is 27.1.